The molecule has 3 nitrogen and oxygen atoms in total. The van der Waals surface area contributed by atoms with Crippen LogP contribution >= 0.6 is 0 Å². The van der Waals surface area contributed by atoms with Crippen molar-refractivity contribution in [3.05, 3.63) is 140 Å². The average Bonchev–Trinajstić information content (AvgIpc) is 3.72. The number of para-hydroxylation sites is 2. The minimum absolute atomic E-state index is 0.777. The minimum atomic E-state index is 0.777. The van der Waals surface area contributed by atoms with Gasteiger partial charge in [-0.3, -0.25) is 0 Å². The van der Waals surface area contributed by atoms with Gasteiger partial charge in [-0.05, 0) is 63.0 Å². The molecule has 0 aliphatic carbocycles. The average molecular weight is 550 g/mol. The molecule has 0 radical (unpaired) electrons. The van der Waals surface area contributed by atoms with Crippen LogP contribution in [0.3, 0.4) is 0 Å². The lowest BCUT2D eigenvalue weighted by molar-refractivity contribution is 0.634. The van der Waals surface area contributed by atoms with Crippen LogP contribution in [0.5, 0.6) is 0 Å². The molecule has 3 heterocycles. The van der Waals surface area contributed by atoms with Gasteiger partial charge in [-0.1, -0.05) is 109 Å². The lowest BCUT2D eigenvalue weighted by atomic mass is 9.89. The van der Waals surface area contributed by atoms with Gasteiger partial charge in [0.05, 0.1) is 5.69 Å². The van der Waals surface area contributed by atoms with E-state index in [9.17, 15) is 0 Å². The molecule has 0 bridgehead atoms. The van der Waals surface area contributed by atoms with Crippen molar-refractivity contribution in [2.24, 2.45) is 0 Å². The topological polar surface area (TPSA) is 31.2 Å². The zero-order valence-electron chi connectivity index (χ0n) is 23.0. The van der Waals surface area contributed by atoms with Crippen LogP contribution in [0.1, 0.15) is 0 Å². The summed E-state index contributed by atoms with van der Waals surface area (Å²) < 4.78 is 15.5. The summed E-state index contributed by atoms with van der Waals surface area (Å²) in [7, 11) is 0. The molecule has 0 atom stereocenters. The first kappa shape index (κ1) is 22.8. The van der Waals surface area contributed by atoms with Gasteiger partial charge < -0.3 is 13.4 Å². The number of furan rings is 2. The number of nitrogens with zero attached hydrogens (tertiary/aromatic N) is 1. The Hall–Kier alpha value is -5.80. The highest BCUT2D eigenvalue weighted by molar-refractivity contribution is 6.25. The highest BCUT2D eigenvalue weighted by atomic mass is 16.4. The van der Waals surface area contributed by atoms with Crippen molar-refractivity contribution >= 4 is 76.5 Å². The smallest absolute Gasteiger partial charge is 0.196 e. The third kappa shape index (κ3) is 3.03. The largest absolute Gasteiger partial charge is 0.450 e. The molecule has 0 amide bonds. The molecule has 3 aromatic heterocycles. The minimum Gasteiger partial charge on any atom is -0.450 e. The van der Waals surface area contributed by atoms with Gasteiger partial charge in [0.15, 0.2) is 11.2 Å². The second-order valence-corrected chi connectivity index (χ2v) is 11.3. The fourth-order valence-corrected chi connectivity index (χ4v) is 7.15. The molecule has 200 valence electrons. The maximum absolute atomic E-state index is 6.54. The highest BCUT2D eigenvalue weighted by Crippen LogP contribution is 2.48. The van der Waals surface area contributed by atoms with E-state index >= 15 is 0 Å². The fourth-order valence-electron chi connectivity index (χ4n) is 7.15. The first-order chi connectivity index (χ1) is 21.3. The summed E-state index contributed by atoms with van der Waals surface area (Å²) >= 11 is 0. The van der Waals surface area contributed by atoms with E-state index in [0.717, 1.165) is 49.8 Å². The van der Waals surface area contributed by atoms with Crippen molar-refractivity contribution in [3.8, 4) is 16.8 Å². The molecule has 10 rings (SSSR count). The summed E-state index contributed by atoms with van der Waals surface area (Å²) in [5.41, 5.74) is 8.91. The number of rotatable bonds is 2. The molecule has 0 spiro atoms. The van der Waals surface area contributed by atoms with Gasteiger partial charge in [0.2, 0.25) is 0 Å². The van der Waals surface area contributed by atoms with Crippen molar-refractivity contribution in [1.82, 2.24) is 4.57 Å². The van der Waals surface area contributed by atoms with Crippen LogP contribution in [-0.4, -0.2) is 4.57 Å². The third-order valence-corrected chi connectivity index (χ3v) is 8.96. The molecule has 10 aromatic rings. The number of benzene rings is 7. The first-order valence-electron chi connectivity index (χ1n) is 14.6. The fraction of sp³-hybridized carbons (Fsp3) is 0. The van der Waals surface area contributed by atoms with Crippen LogP contribution in [0.15, 0.2) is 148 Å². The second-order valence-electron chi connectivity index (χ2n) is 11.3. The standard InChI is InChI=1S/C40H23NO2/c1-2-12-25-23-26(22-21-24(25)11-1)35-27-13-3-5-15-29(27)36(30-16-6-4-14-28(30)35)41-37-31-17-7-9-19-33(31)42-39(37)40-38(41)32-18-8-10-20-34(32)43-40/h1-23H. The summed E-state index contributed by atoms with van der Waals surface area (Å²) in [5, 5.41) is 9.40. The van der Waals surface area contributed by atoms with Crippen LogP contribution in [-0.2, 0) is 0 Å². The van der Waals surface area contributed by atoms with Gasteiger partial charge in [0, 0.05) is 21.5 Å². The molecule has 0 aliphatic heterocycles. The molecule has 0 saturated carbocycles. The molecule has 0 unspecified atom stereocenters. The van der Waals surface area contributed by atoms with Crippen LogP contribution < -0.4 is 0 Å². The van der Waals surface area contributed by atoms with Gasteiger partial charge in [-0.15, -0.1) is 0 Å². The maximum atomic E-state index is 6.54. The molecular weight excluding hydrogens is 526 g/mol. The molecule has 0 N–H and O–H groups in total. The summed E-state index contributed by atoms with van der Waals surface area (Å²) in [6.45, 7) is 0. The van der Waals surface area contributed by atoms with Gasteiger partial charge in [0.1, 0.15) is 22.2 Å². The lowest BCUT2D eigenvalue weighted by Gasteiger charge is -2.19. The molecule has 0 fully saturated rings. The quantitative estimate of drug-likeness (QED) is 0.201. The summed E-state index contributed by atoms with van der Waals surface area (Å²) in [6.07, 6.45) is 0. The van der Waals surface area contributed by atoms with E-state index in [0.29, 0.717) is 0 Å². The SMILES string of the molecule is c1ccc2cc(-c3c4ccccc4c(-n4c5c6ccccc6oc5c5oc6ccccc6c54)c4ccccc34)ccc2c1. The predicted molar refractivity (Wildman–Crippen MR) is 178 cm³/mol. The van der Waals surface area contributed by atoms with E-state index in [2.05, 4.69) is 120 Å². The predicted octanol–water partition coefficient (Wildman–Crippen LogP) is 11.4. The Morgan fingerprint density at radius 1 is 0.395 bits per heavy atom. The molecule has 43 heavy (non-hydrogen) atoms. The van der Waals surface area contributed by atoms with Crippen molar-refractivity contribution in [2.45, 2.75) is 0 Å². The summed E-state index contributed by atoms with van der Waals surface area (Å²) in [6, 6.07) is 49.5. The van der Waals surface area contributed by atoms with Crippen molar-refractivity contribution in [1.29, 1.82) is 0 Å². The van der Waals surface area contributed by atoms with Crippen LogP contribution in [0.25, 0.3) is 93.3 Å². The number of fused-ring (bicyclic) bond motifs is 10. The van der Waals surface area contributed by atoms with E-state index in [1.807, 2.05) is 24.3 Å². The third-order valence-electron chi connectivity index (χ3n) is 8.96. The number of hydrogen-bond donors (Lipinski definition) is 0. The van der Waals surface area contributed by atoms with Crippen molar-refractivity contribution in [3.63, 3.8) is 0 Å². The number of hydrogen-bond acceptors (Lipinski definition) is 2. The van der Waals surface area contributed by atoms with E-state index in [4.69, 9.17) is 8.83 Å². The van der Waals surface area contributed by atoms with E-state index in [-0.39, 0.29) is 0 Å². The van der Waals surface area contributed by atoms with Crippen LogP contribution in [0.4, 0.5) is 0 Å². The Balaban J connectivity index is 1.44. The van der Waals surface area contributed by atoms with Gasteiger partial charge in [-0.25, -0.2) is 0 Å². The van der Waals surface area contributed by atoms with Crippen LogP contribution in [0.2, 0.25) is 0 Å². The monoisotopic (exact) mass is 549 g/mol. The van der Waals surface area contributed by atoms with Gasteiger partial charge in [0.25, 0.3) is 0 Å². The van der Waals surface area contributed by atoms with Gasteiger partial charge >= 0.3 is 0 Å². The Morgan fingerprint density at radius 3 is 1.44 bits per heavy atom. The first-order valence-corrected chi connectivity index (χ1v) is 14.6. The van der Waals surface area contributed by atoms with E-state index < -0.39 is 0 Å². The molecular formula is C40H23NO2. The summed E-state index contributed by atoms with van der Waals surface area (Å²) in [4.78, 5) is 0. The lowest BCUT2D eigenvalue weighted by Crippen LogP contribution is -1.99. The van der Waals surface area contributed by atoms with E-state index in [1.54, 1.807) is 0 Å². The maximum Gasteiger partial charge on any atom is 0.196 e. The molecule has 0 aliphatic rings. The number of aromatic nitrogens is 1. The Bertz CT molecular complexity index is 2590. The molecule has 7 aromatic carbocycles. The summed E-state index contributed by atoms with van der Waals surface area (Å²) in [5.74, 6) is 0. The molecule has 3 heteroatoms. The Morgan fingerprint density at radius 2 is 0.860 bits per heavy atom. The van der Waals surface area contributed by atoms with E-state index in [1.165, 1.54) is 43.4 Å². The Labute approximate surface area is 245 Å². The molecule has 0 saturated heterocycles. The normalized spacial score (nSPS) is 12.2. The second kappa shape index (κ2) is 8.37. The zero-order valence-corrected chi connectivity index (χ0v) is 23.0. The van der Waals surface area contributed by atoms with Crippen molar-refractivity contribution in [2.75, 3.05) is 0 Å². The Kier molecular flexibility index (Phi) is 4.45. The van der Waals surface area contributed by atoms with Crippen LogP contribution in [0, 0.1) is 0 Å². The van der Waals surface area contributed by atoms with Crippen molar-refractivity contribution < 1.29 is 8.83 Å². The van der Waals surface area contributed by atoms with Gasteiger partial charge in [-0.2, -0.15) is 0 Å². The highest BCUT2D eigenvalue weighted by Gasteiger charge is 2.27. The zero-order chi connectivity index (χ0) is 28.1.